The summed E-state index contributed by atoms with van der Waals surface area (Å²) in [5.41, 5.74) is 23.3. The number of anilines is 6. The van der Waals surface area contributed by atoms with E-state index in [1.54, 1.807) is 0 Å². The molecule has 0 amide bonds. The van der Waals surface area contributed by atoms with Crippen LogP contribution in [0.25, 0.3) is 87.3 Å². The monoisotopic (exact) mass is 1060 g/mol. The van der Waals surface area contributed by atoms with Gasteiger partial charge in [-0.05, 0) is 209 Å². The Labute approximate surface area is 480 Å². The second kappa shape index (κ2) is 19.3. The minimum Gasteiger partial charge on any atom is -0.310 e. The van der Waals surface area contributed by atoms with E-state index >= 15 is 0 Å². The largest absolute Gasteiger partial charge is 0.310 e. The Bertz CT molecular complexity index is 4820. The minimum absolute atomic E-state index is 0.256. The number of nitrogens with zero attached hydrogens (tertiary/aromatic N) is 4. The molecule has 12 aromatic carbocycles. The molecule has 0 atom stereocenters. The maximum absolute atomic E-state index is 2.71. The van der Waals surface area contributed by atoms with Crippen molar-refractivity contribution in [2.75, 3.05) is 9.80 Å². The van der Waals surface area contributed by atoms with Crippen molar-refractivity contribution >= 4 is 110 Å². The molecule has 2 aliphatic rings. The van der Waals surface area contributed by atoms with Crippen molar-refractivity contribution in [2.45, 2.75) is 90.9 Å². The molecular formula is C78H66N4. The van der Waals surface area contributed by atoms with Crippen LogP contribution in [0.3, 0.4) is 0 Å². The molecule has 4 nitrogen and oxygen atoms in total. The van der Waals surface area contributed by atoms with E-state index < -0.39 is 0 Å². The lowest BCUT2D eigenvalue weighted by atomic mass is 9.83. The Morgan fingerprint density at radius 2 is 0.756 bits per heavy atom. The van der Waals surface area contributed by atoms with E-state index in [0.717, 1.165) is 25.7 Å². The smallest absolute Gasteiger partial charge is 0.0562 e. The number of hydrogen-bond donors (Lipinski definition) is 0. The van der Waals surface area contributed by atoms with E-state index in [1.807, 2.05) is 0 Å². The number of hydrogen-bond acceptors (Lipinski definition) is 2. The minimum atomic E-state index is 0.256. The first kappa shape index (κ1) is 48.8. The molecule has 2 heterocycles. The summed E-state index contributed by atoms with van der Waals surface area (Å²) in [5, 5.41) is 13.0. The van der Waals surface area contributed by atoms with E-state index in [2.05, 4.69) is 265 Å². The Kier molecular flexibility index (Phi) is 11.5. The van der Waals surface area contributed by atoms with Crippen LogP contribution >= 0.6 is 0 Å². The van der Waals surface area contributed by atoms with Crippen LogP contribution < -0.4 is 9.80 Å². The molecule has 0 spiro atoms. The first-order chi connectivity index (χ1) is 40.4. The van der Waals surface area contributed by atoms with Crippen molar-refractivity contribution in [3.63, 3.8) is 0 Å². The fourth-order valence-electron chi connectivity index (χ4n) is 15.1. The van der Waals surface area contributed by atoms with E-state index in [0.29, 0.717) is 0 Å². The predicted octanol–water partition coefficient (Wildman–Crippen LogP) is 21.7. The average Bonchev–Trinajstić information content (AvgIpc) is 3.33. The van der Waals surface area contributed by atoms with Gasteiger partial charge in [0.05, 0.1) is 39.1 Å². The molecule has 14 aromatic rings. The summed E-state index contributed by atoms with van der Waals surface area (Å²) in [5.74, 6) is 0.517. The SMILES string of the molecule is CC(C)c1cc(N(c2ccc3c(c2)c2ccccc2n3-c2ccccc2)c2cccc3c2CCCC3)c2ccc3c(C(C)C)cc(N(c4cccc5c4CCCC5)c4cccc5c4c4ccccc4n5-c4ccccc4)c4ccc1c2c34. The summed E-state index contributed by atoms with van der Waals surface area (Å²) in [4.78, 5) is 5.38. The molecule has 0 N–H and O–H groups in total. The molecule has 0 fully saturated rings. The summed E-state index contributed by atoms with van der Waals surface area (Å²) in [7, 11) is 0. The molecule has 0 aliphatic heterocycles. The number of para-hydroxylation sites is 4. The molecule has 2 aliphatic carbocycles. The molecular weight excluding hydrogens is 993 g/mol. The van der Waals surface area contributed by atoms with Crippen LogP contribution in [0, 0.1) is 0 Å². The topological polar surface area (TPSA) is 16.3 Å². The van der Waals surface area contributed by atoms with E-state index in [9.17, 15) is 0 Å². The van der Waals surface area contributed by atoms with Crippen LogP contribution in [-0.2, 0) is 25.7 Å². The van der Waals surface area contributed by atoms with Crippen LogP contribution in [-0.4, -0.2) is 9.13 Å². The molecule has 0 radical (unpaired) electrons. The zero-order valence-corrected chi connectivity index (χ0v) is 47.4. The lowest BCUT2D eigenvalue weighted by molar-refractivity contribution is 0.686. The summed E-state index contributed by atoms with van der Waals surface area (Å²) < 4.78 is 4.91. The fourth-order valence-corrected chi connectivity index (χ4v) is 15.1. The number of aromatic nitrogens is 2. The number of rotatable bonds is 10. The van der Waals surface area contributed by atoms with Gasteiger partial charge < -0.3 is 18.9 Å². The zero-order valence-electron chi connectivity index (χ0n) is 47.4. The van der Waals surface area contributed by atoms with Crippen LogP contribution in [0.2, 0.25) is 0 Å². The maximum Gasteiger partial charge on any atom is 0.0562 e. The summed E-state index contributed by atoms with van der Waals surface area (Å²) in [6.45, 7) is 9.59. The molecule has 4 heteroatoms. The van der Waals surface area contributed by atoms with E-state index in [-0.39, 0.29) is 11.8 Å². The second-order valence-corrected chi connectivity index (χ2v) is 24.0. The molecule has 2 aromatic heterocycles. The standard InChI is InChI=1S/C78H66N4/c1-49(2)64-47-74(81(67-36-19-24-51-22-11-13-30-56(51)67)55-40-45-71-66(46-55)58-32-15-17-34-69(58)79(71)53-26-7-5-8-27-53)62-43-41-60-65(50(3)4)48-75(63-44-42-59(64)76(62)77(60)63)82(68-37-20-25-52-23-12-14-31-57(52)68)73-39-21-38-72-78(73)61-33-16-18-35-70(61)80(72)54-28-9-6-10-29-54/h5-10,15-21,24-29,32-50H,11-14,22-23,30-31H2,1-4H3. The van der Waals surface area contributed by atoms with Gasteiger partial charge in [0.25, 0.3) is 0 Å². The first-order valence-corrected chi connectivity index (χ1v) is 30.2. The highest BCUT2D eigenvalue weighted by atomic mass is 15.2. The van der Waals surface area contributed by atoms with Gasteiger partial charge in [0.2, 0.25) is 0 Å². The van der Waals surface area contributed by atoms with Gasteiger partial charge in [-0.2, -0.15) is 0 Å². The van der Waals surface area contributed by atoms with Crippen LogP contribution in [0.1, 0.15) is 98.6 Å². The molecule has 0 saturated carbocycles. The number of aryl methyl sites for hydroxylation is 2. The van der Waals surface area contributed by atoms with Gasteiger partial charge in [-0.25, -0.2) is 0 Å². The van der Waals surface area contributed by atoms with Crippen molar-refractivity contribution in [2.24, 2.45) is 0 Å². The van der Waals surface area contributed by atoms with Crippen LogP contribution in [0.5, 0.6) is 0 Å². The first-order valence-electron chi connectivity index (χ1n) is 30.2. The summed E-state index contributed by atoms with van der Waals surface area (Å²) in [6, 6.07) is 83.5. The quantitative estimate of drug-likeness (QED) is 0.127. The van der Waals surface area contributed by atoms with Crippen molar-refractivity contribution < 1.29 is 0 Å². The molecule has 398 valence electrons. The van der Waals surface area contributed by atoms with Crippen LogP contribution in [0.15, 0.2) is 218 Å². The fraction of sp³-hybridized carbons (Fsp3) is 0.179. The Morgan fingerprint density at radius 1 is 0.305 bits per heavy atom. The lowest BCUT2D eigenvalue weighted by Gasteiger charge is -2.34. The normalized spacial score (nSPS) is 13.7. The van der Waals surface area contributed by atoms with Gasteiger partial charge in [0.15, 0.2) is 0 Å². The summed E-state index contributed by atoms with van der Waals surface area (Å²) >= 11 is 0. The molecule has 82 heavy (non-hydrogen) atoms. The highest BCUT2D eigenvalue weighted by molar-refractivity contribution is 6.30. The van der Waals surface area contributed by atoms with E-state index in [1.165, 1.54) is 180 Å². The molecule has 0 saturated heterocycles. The highest BCUT2D eigenvalue weighted by Crippen LogP contribution is 2.54. The van der Waals surface area contributed by atoms with Crippen LogP contribution in [0.4, 0.5) is 34.1 Å². The molecule has 16 rings (SSSR count). The number of fused-ring (bicyclic) bond motifs is 8. The lowest BCUT2D eigenvalue weighted by Crippen LogP contribution is -2.17. The van der Waals surface area contributed by atoms with Gasteiger partial charge in [-0.3, -0.25) is 0 Å². The van der Waals surface area contributed by atoms with Gasteiger partial charge in [0.1, 0.15) is 0 Å². The Morgan fingerprint density at radius 3 is 1.35 bits per heavy atom. The zero-order chi connectivity index (χ0) is 54.7. The third kappa shape index (κ3) is 7.43. The average molecular weight is 1060 g/mol. The van der Waals surface area contributed by atoms with Gasteiger partial charge in [0, 0.05) is 60.8 Å². The maximum atomic E-state index is 2.71. The van der Waals surface area contributed by atoms with E-state index in [4.69, 9.17) is 0 Å². The summed E-state index contributed by atoms with van der Waals surface area (Å²) in [6.07, 6.45) is 9.18. The van der Waals surface area contributed by atoms with Crippen molar-refractivity contribution in [3.05, 3.63) is 252 Å². The van der Waals surface area contributed by atoms with Crippen molar-refractivity contribution in [1.82, 2.24) is 9.13 Å². The van der Waals surface area contributed by atoms with Crippen molar-refractivity contribution in [1.29, 1.82) is 0 Å². The van der Waals surface area contributed by atoms with Gasteiger partial charge in [-0.15, -0.1) is 0 Å². The third-order valence-electron chi connectivity index (χ3n) is 18.7. The number of benzene rings is 12. The van der Waals surface area contributed by atoms with Gasteiger partial charge >= 0.3 is 0 Å². The van der Waals surface area contributed by atoms with Crippen molar-refractivity contribution in [3.8, 4) is 11.4 Å². The molecule has 0 unspecified atom stereocenters. The predicted molar refractivity (Wildman–Crippen MR) is 350 cm³/mol. The molecule has 0 bridgehead atoms. The Balaban J connectivity index is 1.01. The Hall–Kier alpha value is -9.12. The van der Waals surface area contributed by atoms with Gasteiger partial charge in [-0.1, -0.05) is 155 Å². The highest BCUT2D eigenvalue weighted by Gasteiger charge is 2.31. The third-order valence-corrected chi connectivity index (χ3v) is 18.7. The second-order valence-electron chi connectivity index (χ2n) is 24.0.